The van der Waals surface area contributed by atoms with Crippen molar-refractivity contribution < 1.29 is 9.18 Å². The van der Waals surface area contributed by atoms with Gasteiger partial charge in [0.05, 0.1) is 5.02 Å². The molecule has 0 bridgehead atoms. The van der Waals surface area contributed by atoms with Crippen molar-refractivity contribution in [3.05, 3.63) is 58.9 Å². The van der Waals surface area contributed by atoms with Crippen LogP contribution < -0.4 is 5.32 Å². The van der Waals surface area contributed by atoms with Crippen LogP contribution in [0.5, 0.6) is 0 Å². The van der Waals surface area contributed by atoms with Crippen LogP contribution in [0.1, 0.15) is 30.1 Å². The molecule has 1 fully saturated rings. The zero-order valence-corrected chi connectivity index (χ0v) is 15.0. The maximum absolute atomic E-state index is 13.2. The number of amides is 1. The van der Waals surface area contributed by atoms with E-state index in [9.17, 15) is 9.18 Å². The maximum Gasteiger partial charge on any atom is 0.251 e. The minimum atomic E-state index is -0.363. The summed E-state index contributed by atoms with van der Waals surface area (Å²) in [6.07, 6.45) is 2.13. The van der Waals surface area contributed by atoms with Crippen LogP contribution in [0.25, 0.3) is 11.1 Å². The Morgan fingerprint density at radius 2 is 2.04 bits per heavy atom. The minimum Gasteiger partial charge on any atom is -0.348 e. The largest absolute Gasteiger partial charge is 0.348 e. The van der Waals surface area contributed by atoms with Crippen molar-refractivity contribution in [3.63, 3.8) is 0 Å². The van der Waals surface area contributed by atoms with Gasteiger partial charge in [0.1, 0.15) is 5.82 Å². The second-order valence-electron chi connectivity index (χ2n) is 6.46. The molecule has 1 aliphatic rings. The average Bonchev–Trinajstić information content (AvgIpc) is 3.02. The van der Waals surface area contributed by atoms with E-state index >= 15 is 0 Å². The molecule has 0 spiro atoms. The standard InChI is InChI=1S/C20H22ClFN2O/c1-2-10-24-11-9-17(13-24)23-20(25)15-5-3-14(4-6-15)18-8-7-16(22)12-19(18)21/h3-8,12,17H,2,9-11,13H2,1H3,(H,23,25)/t17-/m1/s1. The van der Waals surface area contributed by atoms with E-state index < -0.39 is 0 Å². The molecule has 25 heavy (non-hydrogen) atoms. The molecule has 0 saturated carbocycles. The Hall–Kier alpha value is -1.91. The Labute approximate surface area is 152 Å². The Balaban J connectivity index is 1.65. The highest BCUT2D eigenvalue weighted by Crippen LogP contribution is 2.28. The summed E-state index contributed by atoms with van der Waals surface area (Å²) in [6.45, 7) is 5.21. The Morgan fingerprint density at radius 3 is 2.72 bits per heavy atom. The molecule has 2 aromatic carbocycles. The predicted molar refractivity (Wildman–Crippen MR) is 99.4 cm³/mol. The number of rotatable bonds is 5. The van der Waals surface area contributed by atoms with Gasteiger partial charge in [-0.25, -0.2) is 4.39 Å². The monoisotopic (exact) mass is 360 g/mol. The number of carbonyl (C=O) groups excluding carboxylic acids is 1. The van der Waals surface area contributed by atoms with E-state index in [1.54, 1.807) is 18.2 Å². The van der Waals surface area contributed by atoms with Crippen LogP contribution in [-0.4, -0.2) is 36.5 Å². The van der Waals surface area contributed by atoms with Gasteiger partial charge in [0.2, 0.25) is 0 Å². The Morgan fingerprint density at radius 1 is 1.28 bits per heavy atom. The summed E-state index contributed by atoms with van der Waals surface area (Å²) in [4.78, 5) is 14.8. The molecule has 3 nitrogen and oxygen atoms in total. The van der Waals surface area contributed by atoms with Crippen molar-refractivity contribution in [2.24, 2.45) is 0 Å². The topological polar surface area (TPSA) is 32.3 Å². The number of nitrogens with one attached hydrogen (secondary N) is 1. The van der Waals surface area contributed by atoms with Crippen LogP contribution in [0.3, 0.4) is 0 Å². The lowest BCUT2D eigenvalue weighted by Crippen LogP contribution is -2.37. The van der Waals surface area contributed by atoms with Gasteiger partial charge in [0.25, 0.3) is 5.91 Å². The number of halogens is 2. The first kappa shape index (κ1) is 17.9. The smallest absolute Gasteiger partial charge is 0.251 e. The number of carbonyl (C=O) groups is 1. The van der Waals surface area contributed by atoms with Crippen LogP contribution in [0, 0.1) is 5.82 Å². The summed E-state index contributed by atoms with van der Waals surface area (Å²) >= 11 is 6.10. The Bertz CT molecular complexity index is 748. The van der Waals surface area contributed by atoms with E-state index in [0.717, 1.165) is 43.6 Å². The van der Waals surface area contributed by atoms with Crippen molar-refractivity contribution in [1.29, 1.82) is 0 Å². The van der Waals surface area contributed by atoms with E-state index in [4.69, 9.17) is 11.6 Å². The third kappa shape index (κ3) is 4.39. The van der Waals surface area contributed by atoms with E-state index in [2.05, 4.69) is 17.1 Å². The lowest BCUT2D eigenvalue weighted by atomic mass is 10.0. The van der Waals surface area contributed by atoms with Gasteiger partial charge in [0, 0.05) is 30.3 Å². The summed E-state index contributed by atoms with van der Waals surface area (Å²) < 4.78 is 13.2. The molecule has 1 heterocycles. The maximum atomic E-state index is 13.2. The first-order valence-electron chi connectivity index (χ1n) is 8.65. The van der Waals surface area contributed by atoms with Crippen LogP contribution in [0.2, 0.25) is 5.02 Å². The molecule has 0 aromatic heterocycles. The van der Waals surface area contributed by atoms with Crippen molar-refractivity contribution in [1.82, 2.24) is 10.2 Å². The molecule has 3 rings (SSSR count). The molecule has 0 unspecified atom stereocenters. The third-order valence-electron chi connectivity index (χ3n) is 4.54. The van der Waals surface area contributed by atoms with Crippen LogP contribution in [0.15, 0.2) is 42.5 Å². The number of hydrogen-bond acceptors (Lipinski definition) is 2. The highest BCUT2D eigenvalue weighted by Gasteiger charge is 2.23. The van der Waals surface area contributed by atoms with Gasteiger partial charge in [-0.15, -0.1) is 0 Å². The molecule has 5 heteroatoms. The van der Waals surface area contributed by atoms with Crippen molar-refractivity contribution >= 4 is 17.5 Å². The van der Waals surface area contributed by atoms with Gasteiger partial charge in [0.15, 0.2) is 0 Å². The van der Waals surface area contributed by atoms with E-state index in [1.165, 1.54) is 12.1 Å². The summed E-state index contributed by atoms with van der Waals surface area (Å²) in [6, 6.07) is 11.8. The zero-order valence-electron chi connectivity index (χ0n) is 14.3. The van der Waals surface area contributed by atoms with Gasteiger partial charge in [-0.3, -0.25) is 4.79 Å². The first-order valence-corrected chi connectivity index (χ1v) is 9.03. The van der Waals surface area contributed by atoms with Crippen molar-refractivity contribution in [3.8, 4) is 11.1 Å². The lowest BCUT2D eigenvalue weighted by molar-refractivity contribution is 0.0938. The highest BCUT2D eigenvalue weighted by atomic mass is 35.5. The molecular formula is C20H22ClFN2O. The number of likely N-dealkylation sites (tertiary alicyclic amines) is 1. The number of nitrogens with zero attached hydrogens (tertiary/aromatic N) is 1. The fraction of sp³-hybridized carbons (Fsp3) is 0.350. The van der Waals surface area contributed by atoms with Gasteiger partial charge in [-0.05, 0) is 55.3 Å². The minimum absolute atomic E-state index is 0.0555. The van der Waals surface area contributed by atoms with Crippen molar-refractivity contribution in [2.75, 3.05) is 19.6 Å². The summed E-state index contributed by atoms with van der Waals surface area (Å²) in [5, 5.41) is 3.47. The van der Waals surface area contributed by atoms with E-state index in [1.807, 2.05) is 12.1 Å². The molecule has 2 aromatic rings. The summed E-state index contributed by atoms with van der Waals surface area (Å²) in [5.41, 5.74) is 2.23. The molecule has 0 radical (unpaired) electrons. The van der Waals surface area contributed by atoms with Gasteiger partial charge in [-0.1, -0.05) is 30.7 Å². The normalized spacial score (nSPS) is 17.6. The zero-order chi connectivity index (χ0) is 17.8. The van der Waals surface area contributed by atoms with Gasteiger partial charge < -0.3 is 10.2 Å². The Kier molecular flexibility index (Phi) is 5.71. The number of benzene rings is 2. The molecule has 1 atom stereocenters. The fourth-order valence-electron chi connectivity index (χ4n) is 3.26. The fourth-order valence-corrected chi connectivity index (χ4v) is 3.54. The molecular weight excluding hydrogens is 339 g/mol. The first-order chi connectivity index (χ1) is 12.1. The summed E-state index contributed by atoms with van der Waals surface area (Å²) in [7, 11) is 0. The quantitative estimate of drug-likeness (QED) is 0.859. The predicted octanol–water partition coefficient (Wildman–Crippen LogP) is 4.36. The van der Waals surface area contributed by atoms with Gasteiger partial charge in [-0.2, -0.15) is 0 Å². The van der Waals surface area contributed by atoms with E-state index in [-0.39, 0.29) is 17.8 Å². The molecule has 1 amide bonds. The van der Waals surface area contributed by atoms with Crippen LogP contribution >= 0.6 is 11.6 Å². The van der Waals surface area contributed by atoms with E-state index in [0.29, 0.717) is 10.6 Å². The molecule has 1 N–H and O–H groups in total. The lowest BCUT2D eigenvalue weighted by Gasteiger charge is -2.15. The number of hydrogen-bond donors (Lipinski definition) is 1. The molecule has 132 valence electrons. The third-order valence-corrected chi connectivity index (χ3v) is 4.85. The summed E-state index contributed by atoms with van der Waals surface area (Å²) in [5.74, 6) is -0.418. The molecule has 1 aliphatic heterocycles. The molecule has 0 aliphatic carbocycles. The van der Waals surface area contributed by atoms with Crippen molar-refractivity contribution in [2.45, 2.75) is 25.8 Å². The highest BCUT2D eigenvalue weighted by molar-refractivity contribution is 6.33. The second-order valence-corrected chi connectivity index (χ2v) is 6.87. The van der Waals surface area contributed by atoms with Crippen LogP contribution in [-0.2, 0) is 0 Å². The van der Waals surface area contributed by atoms with Crippen LogP contribution in [0.4, 0.5) is 4.39 Å². The molecule has 1 saturated heterocycles. The average molecular weight is 361 g/mol. The van der Waals surface area contributed by atoms with Gasteiger partial charge >= 0.3 is 0 Å². The SMILES string of the molecule is CCCN1CC[C@@H](NC(=O)c2ccc(-c3ccc(F)cc3Cl)cc2)C1. The second kappa shape index (κ2) is 7.98.